The number of carbonyl (C=O) groups excluding carboxylic acids is 1. The Hall–Kier alpha value is -2.18. The lowest BCUT2D eigenvalue weighted by Crippen LogP contribution is -2.11. The molecule has 0 aliphatic carbocycles. The van der Waals surface area contributed by atoms with Crippen LogP contribution in [-0.2, 0) is 9.53 Å². The molecule has 1 aromatic carbocycles. The number of carbonyl (C=O) groups is 1. The van der Waals surface area contributed by atoms with Crippen LogP contribution in [-0.4, -0.2) is 32.1 Å². The van der Waals surface area contributed by atoms with Crippen LogP contribution in [0.2, 0.25) is 5.02 Å². The number of halogens is 1. The van der Waals surface area contributed by atoms with E-state index in [1.165, 1.54) is 24.1 Å². The second kappa shape index (κ2) is 6.31. The number of benzene rings is 1. The van der Waals surface area contributed by atoms with Crippen LogP contribution in [0.5, 0.6) is 0 Å². The molecule has 0 spiro atoms. The Labute approximate surface area is 120 Å². The van der Waals surface area contributed by atoms with Crippen LogP contribution in [0.4, 0.5) is 0 Å². The van der Waals surface area contributed by atoms with Gasteiger partial charge in [0, 0.05) is 22.9 Å². The molecule has 104 valence electrons. The molecule has 6 nitrogen and oxygen atoms in total. The highest BCUT2D eigenvalue weighted by atomic mass is 35.5. The van der Waals surface area contributed by atoms with Crippen molar-refractivity contribution in [3.63, 3.8) is 0 Å². The first-order valence-electron chi connectivity index (χ1n) is 5.78. The van der Waals surface area contributed by atoms with E-state index in [0.29, 0.717) is 10.8 Å². The quantitative estimate of drug-likeness (QED) is 0.530. The summed E-state index contributed by atoms with van der Waals surface area (Å²) in [5.41, 5.74) is 0.774. The predicted octanol–water partition coefficient (Wildman–Crippen LogP) is 1.95. The fourth-order valence-corrected chi connectivity index (χ4v) is 1.64. The van der Waals surface area contributed by atoms with Crippen LogP contribution in [0.15, 0.2) is 36.7 Å². The fourth-order valence-electron chi connectivity index (χ4n) is 1.45. The predicted molar refractivity (Wildman–Crippen MR) is 73.6 cm³/mol. The topological polar surface area (TPSA) is 77.2 Å². The van der Waals surface area contributed by atoms with Crippen LogP contribution in [0.1, 0.15) is 6.92 Å². The van der Waals surface area contributed by atoms with Gasteiger partial charge in [-0.2, -0.15) is 0 Å². The first-order chi connectivity index (χ1) is 9.54. The summed E-state index contributed by atoms with van der Waals surface area (Å²) < 4.78 is 5.89. The summed E-state index contributed by atoms with van der Waals surface area (Å²) in [5.74, 6) is -0.180. The number of ether oxygens (including phenoxy) is 1. The molecule has 1 atom stereocenters. The highest BCUT2D eigenvalue weighted by Gasteiger charge is 2.04. The SMILES string of the molecule is CC(O)OC(=O)/C=C\n1cnc(-c2cccc(Cl)c2)n1. The molecule has 0 fully saturated rings. The van der Waals surface area contributed by atoms with Gasteiger partial charge < -0.3 is 9.84 Å². The molecule has 0 aliphatic rings. The Balaban J connectivity index is 2.10. The zero-order valence-corrected chi connectivity index (χ0v) is 11.4. The molecule has 20 heavy (non-hydrogen) atoms. The van der Waals surface area contributed by atoms with Gasteiger partial charge in [0.05, 0.1) is 0 Å². The number of aliphatic hydroxyl groups excluding tert-OH is 1. The molecular formula is C13H12ClN3O3. The molecule has 1 N–H and O–H groups in total. The van der Waals surface area contributed by atoms with Crippen LogP contribution in [0, 0.1) is 0 Å². The molecule has 2 aromatic rings. The van der Waals surface area contributed by atoms with Gasteiger partial charge in [0.15, 0.2) is 12.1 Å². The summed E-state index contributed by atoms with van der Waals surface area (Å²) >= 11 is 5.89. The lowest BCUT2D eigenvalue weighted by Gasteiger charge is -2.02. The number of hydrogen-bond donors (Lipinski definition) is 1. The zero-order chi connectivity index (χ0) is 14.5. The van der Waals surface area contributed by atoms with Gasteiger partial charge in [-0.1, -0.05) is 23.7 Å². The second-order valence-electron chi connectivity index (χ2n) is 3.91. The van der Waals surface area contributed by atoms with E-state index in [4.69, 9.17) is 16.7 Å². The number of nitrogens with zero attached hydrogens (tertiary/aromatic N) is 3. The fraction of sp³-hybridized carbons (Fsp3) is 0.154. The average molecular weight is 294 g/mol. The second-order valence-corrected chi connectivity index (χ2v) is 4.35. The summed E-state index contributed by atoms with van der Waals surface area (Å²) in [6.45, 7) is 1.35. The molecule has 0 saturated carbocycles. The van der Waals surface area contributed by atoms with Crippen molar-refractivity contribution in [3.05, 3.63) is 41.7 Å². The van der Waals surface area contributed by atoms with Gasteiger partial charge in [-0.15, -0.1) is 5.10 Å². The molecule has 0 saturated heterocycles. The van der Waals surface area contributed by atoms with E-state index >= 15 is 0 Å². The summed E-state index contributed by atoms with van der Waals surface area (Å²) in [4.78, 5) is 15.3. The van der Waals surface area contributed by atoms with E-state index in [0.717, 1.165) is 11.6 Å². The largest absolute Gasteiger partial charge is 0.433 e. The van der Waals surface area contributed by atoms with Crippen molar-refractivity contribution < 1.29 is 14.6 Å². The third-order valence-corrected chi connectivity index (χ3v) is 2.48. The van der Waals surface area contributed by atoms with Crippen LogP contribution in [0.25, 0.3) is 17.6 Å². The van der Waals surface area contributed by atoms with E-state index in [9.17, 15) is 4.79 Å². The third-order valence-electron chi connectivity index (χ3n) is 2.24. The number of esters is 1. The number of aliphatic hydroxyl groups is 1. The van der Waals surface area contributed by atoms with Crippen molar-refractivity contribution >= 4 is 23.8 Å². The first kappa shape index (κ1) is 14.2. The van der Waals surface area contributed by atoms with Gasteiger partial charge in [0.2, 0.25) is 0 Å². The van der Waals surface area contributed by atoms with Gasteiger partial charge in [-0.25, -0.2) is 14.5 Å². The van der Waals surface area contributed by atoms with E-state index in [1.807, 2.05) is 6.07 Å². The van der Waals surface area contributed by atoms with E-state index in [-0.39, 0.29) is 0 Å². The minimum absolute atomic E-state index is 0.487. The Morgan fingerprint density at radius 2 is 2.35 bits per heavy atom. The molecular weight excluding hydrogens is 282 g/mol. The van der Waals surface area contributed by atoms with E-state index in [2.05, 4.69) is 14.8 Å². The van der Waals surface area contributed by atoms with Crippen LogP contribution in [0.3, 0.4) is 0 Å². The molecule has 7 heteroatoms. The van der Waals surface area contributed by atoms with Gasteiger partial charge >= 0.3 is 5.97 Å². The van der Waals surface area contributed by atoms with E-state index < -0.39 is 12.3 Å². The Morgan fingerprint density at radius 1 is 1.55 bits per heavy atom. The summed E-state index contributed by atoms with van der Waals surface area (Å²) in [7, 11) is 0. The summed E-state index contributed by atoms with van der Waals surface area (Å²) in [5, 5.41) is 13.6. The zero-order valence-electron chi connectivity index (χ0n) is 10.6. The highest BCUT2D eigenvalue weighted by molar-refractivity contribution is 6.30. The summed E-state index contributed by atoms with van der Waals surface area (Å²) in [6.07, 6.45) is 2.82. The van der Waals surface area contributed by atoms with Crippen molar-refractivity contribution in [1.29, 1.82) is 0 Å². The average Bonchev–Trinajstić information content (AvgIpc) is 2.84. The van der Waals surface area contributed by atoms with Crippen molar-refractivity contribution in [2.45, 2.75) is 13.2 Å². The highest BCUT2D eigenvalue weighted by Crippen LogP contribution is 2.18. The van der Waals surface area contributed by atoms with E-state index in [1.54, 1.807) is 18.2 Å². The maximum absolute atomic E-state index is 11.2. The Morgan fingerprint density at radius 3 is 3.05 bits per heavy atom. The Bertz CT molecular complexity index is 637. The standard InChI is InChI=1S/C13H12ClN3O3/c1-9(18)20-12(19)5-6-17-8-15-13(16-17)10-3-2-4-11(14)7-10/h2-9,18H,1H3/b6-5-. The monoisotopic (exact) mass is 293 g/mol. The molecule has 1 aromatic heterocycles. The first-order valence-corrected chi connectivity index (χ1v) is 6.16. The minimum atomic E-state index is -1.15. The van der Waals surface area contributed by atoms with Crippen molar-refractivity contribution in [2.75, 3.05) is 0 Å². The Kier molecular flexibility index (Phi) is 4.49. The molecule has 0 aliphatic heterocycles. The lowest BCUT2D eigenvalue weighted by atomic mass is 10.2. The van der Waals surface area contributed by atoms with Gasteiger partial charge in [-0.05, 0) is 19.1 Å². The number of hydrogen-bond acceptors (Lipinski definition) is 5. The number of aromatic nitrogens is 3. The number of rotatable bonds is 4. The van der Waals surface area contributed by atoms with Crippen molar-refractivity contribution in [3.8, 4) is 11.4 Å². The normalized spacial score (nSPS) is 12.6. The minimum Gasteiger partial charge on any atom is -0.433 e. The maximum Gasteiger partial charge on any atom is 0.334 e. The molecule has 1 unspecified atom stereocenters. The lowest BCUT2D eigenvalue weighted by molar-refractivity contribution is -0.158. The molecule has 0 radical (unpaired) electrons. The summed E-state index contributed by atoms with van der Waals surface area (Å²) in [6, 6.07) is 7.13. The molecule has 0 amide bonds. The molecule has 1 heterocycles. The third kappa shape index (κ3) is 3.91. The van der Waals surface area contributed by atoms with Gasteiger partial charge in [-0.3, -0.25) is 0 Å². The maximum atomic E-state index is 11.2. The van der Waals surface area contributed by atoms with Gasteiger partial charge in [0.25, 0.3) is 0 Å². The van der Waals surface area contributed by atoms with Crippen LogP contribution >= 0.6 is 11.6 Å². The van der Waals surface area contributed by atoms with Crippen molar-refractivity contribution in [1.82, 2.24) is 14.8 Å². The molecule has 2 rings (SSSR count). The molecule has 0 bridgehead atoms. The van der Waals surface area contributed by atoms with Gasteiger partial charge in [0.1, 0.15) is 6.33 Å². The smallest absolute Gasteiger partial charge is 0.334 e. The van der Waals surface area contributed by atoms with Crippen molar-refractivity contribution in [2.24, 2.45) is 0 Å². The van der Waals surface area contributed by atoms with Crippen LogP contribution < -0.4 is 0 Å².